The van der Waals surface area contributed by atoms with Crippen LogP contribution in [-0.2, 0) is 4.74 Å². The molecule has 5 heterocycles. The average Bonchev–Trinajstić information content (AvgIpc) is 3.21. The minimum atomic E-state index is -0.317. The molecule has 0 unspecified atom stereocenters. The van der Waals surface area contributed by atoms with Gasteiger partial charge in [-0.15, -0.1) is 11.3 Å². The van der Waals surface area contributed by atoms with Crippen molar-refractivity contribution in [2.75, 3.05) is 31.1 Å². The van der Waals surface area contributed by atoms with Crippen molar-refractivity contribution in [2.24, 2.45) is 5.92 Å². The summed E-state index contributed by atoms with van der Waals surface area (Å²) in [5, 5.41) is 1.67. The Kier molecular flexibility index (Phi) is 3.59. The highest BCUT2D eigenvalue weighted by atomic mass is 35.5. The first-order valence-electron chi connectivity index (χ1n) is 8.72. The van der Waals surface area contributed by atoms with Gasteiger partial charge in [0.2, 0.25) is 0 Å². The Labute approximate surface area is 155 Å². The van der Waals surface area contributed by atoms with Gasteiger partial charge in [0.15, 0.2) is 0 Å². The summed E-state index contributed by atoms with van der Waals surface area (Å²) in [5.74, 6) is 0.495. The van der Waals surface area contributed by atoms with Gasteiger partial charge >= 0.3 is 6.09 Å². The van der Waals surface area contributed by atoms with Gasteiger partial charge in [-0.1, -0.05) is 29.8 Å². The zero-order valence-corrected chi connectivity index (χ0v) is 15.4. The number of halogens is 1. The summed E-state index contributed by atoms with van der Waals surface area (Å²) in [6.45, 7) is 3.82. The largest absolute Gasteiger partial charge is 0.439 e. The van der Waals surface area contributed by atoms with Crippen molar-refractivity contribution in [3.8, 4) is 10.4 Å². The van der Waals surface area contributed by atoms with Crippen LogP contribution < -0.4 is 4.90 Å². The monoisotopic (exact) mass is 374 g/mol. The van der Waals surface area contributed by atoms with Gasteiger partial charge < -0.3 is 4.74 Å². The van der Waals surface area contributed by atoms with Crippen LogP contribution in [0.15, 0.2) is 36.4 Å². The number of carbonyl (C=O) groups is 1. The Bertz CT molecular complexity index is 830. The molecule has 0 aliphatic carbocycles. The summed E-state index contributed by atoms with van der Waals surface area (Å²) < 4.78 is 5.96. The molecule has 4 saturated heterocycles. The van der Waals surface area contributed by atoms with Gasteiger partial charge in [-0.05, 0) is 44.1 Å². The van der Waals surface area contributed by atoms with Crippen LogP contribution in [0.5, 0.6) is 0 Å². The average molecular weight is 375 g/mol. The molecule has 1 atom stereocenters. The zero-order chi connectivity index (χ0) is 17.0. The molecular formula is C19H19ClN2O2S. The van der Waals surface area contributed by atoms with E-state index in [1.807, 2.05) is 41.3 Å². The fraction of sp³-hybridized carbons (Fsp3) is 0.421. The number of piperidine rings is 3. The quantitative estimate of drug-likeness (QED) is 0.776. The van der Waals surface area contributed by atoms with Crippen molar-refractivity contribution in [3.05, 3.63) is 41.4 Å². The standard InChI is InChI=1S/C19H19ClN2O2S/c20-15-4-2-1-3-14(15)16-5-6-17(25-16)22-12-19(24-18(22)23)11-21-9-7-13(19)8-10-21/h1-6,13H,7-12H2/t19-/m1/s1. The fourth-order valence-electron chi connectivity index (χ4n) is 4.46. The number of ether oxygens (including phenoxy) is 1. The summed E-state index contributed by atoms with van der Waals surface area (Å²) in [7, 11) is 0. The van der Waals surface area contributed by atoms with Gasteiger partial charge in [-0.25, -0.2) is 4.79 Å². The molecule has 4 aliphatic rings. The molecule has 1 aromatic heterocycles. The summed E-state index contributed by atoms with van der Waals surface area (Å²) in [6, 6.07) is 11.8. The molecule has 130 valence electrons. The molecule has 4 nitrogen and oxygen atoms in total. The third-order valence-electron chi connectivity index (χ3n) is 5.76. The predicted molar refractivity (Wildman–Crippen MR) is 100 cm³/mol. The number of hydrogen-bond acceptors (Lipinski definition) is 4. The van der Waals surface area contributed by atoms with E-state index in [1.165, 1.54) is 0 Å². The first-order chi connectivity index (χ1) is 12.1. The minimum Gasteiger partial charge on any atom is -0.439 e. The maximum atomic E-state index is 12.6. The van der Waals surface area contributed by atoms with E-state index in [4.69, 9.17) is 16.3 Å². The number of carbonyl (C=O) groups excluding carboxylic acids is 1. The normalized spacial score (nSPS) is 30.9. The molecule has 6 rings (SSSR count). The molecule has 4 aliphatic heterocycles. The van der Waals surface area contributed by atoms with Crippen molar-refractivity contribution < 1.29 is 9.53 Å². The molecule has 0 saturated carbocycles. The van der Waals surface area contributed by atoms with E-state index in [1.54, 1.807) is 11.3 Å². The Hall–Kier alpha value is -1.56. The lowest BCUT2D eigenvalue weighted by molar-refractivity contribution is -0.0881. The second-order valence-corrected chi connectivity index (χ2v) is 8.66. The van der Waals surface area contributed by atoms with Crippen LogP contribution in [0.3, 0.4) is 0 Å². The molecule has 0 radical (unpaired) electrons. The molecule has 2 aromatic rings. The minimum absolute atomic E-state index is 0.207. The summed E-state index contributed by atoms with van der Waals surface area (Å²) in [4.78, 5) is 17.9. The Balaban J connectivity index is 1.43. The number of fused-ring (bicyclic) bond motifs is 2. The lowest BCUT2D eigenvalue weighted by Gasteiger charge is -2.49. The Morgan fingerprint density at radius 1 is 1.12 bits per heavy atom. The highest BCUT2D eigenvalue weighted by Crippen LogP contribution is 2.45. The van der Waals surface area contributed by atoms with E-state index in [9.17, 15) is 4.79 Å². The lowest BCUT2D eigenvalue weighted by Crippen LogP contribution is -2.61. The van der Waals surface area contributed by atoms with Crippen LogP contribution >= 0.6 is 22.9 Å². The van der Waals surface area contributed by atoms with Gasteiger partial charge in [-0.3, -0.25) is 9.80 Å². The van der Waals surface area contributed by atoms with E-state index in [-0.39, 0.29) is 11.7 Å². The highest BCUT2D eigenvalue weighted by Gasteiger charge is 2.55. The first kappa shape index (κ1) is 15.7. The van der Waals surface area contributed by atoms with Crippen LogP contribution in [0.2, 0.25) is 5.02 Å². The van der Waals surface area contributed by atoms with E-state index in [0.717, 1.165) is 52.9 Å². The number of anilines is 1. The number of thiophene rings is 1. The second kappa shape index (κ2) is 5.73. The van der Waals surface area contributed by atoms with Gasteiger partial charge in [0, 0.05) is 27.9 Å². The van der Waals surface area contributed by atoms with Crippen LogP contribution in [0, 0.1) is 5.92 Å². The van der Waals surface area contributed by atoms with Crippen molar-refractivity contribution in [1.82, 2.24) is 4.90 Å². The molecule has 1 aromatic carbocycles. The maximum Gasteiger partial charge on any atom is 0.415 e. The molecule has 2 bridgehead atoms. The highest BCUT2D eigenvalue weighted by molar-refractivity contribution is 7.19. The van der Waals surface area contributed by atoms with Gasteiger partial charge in [0.25, 0.3) is 0 Å². The van der Waals surface area contributed by atoms with Gasteiger partial charge in [-0.2, -0.15) is 0 Å². The SMILES string of the molecule is O=C1O[C@]2(CN3CCC2CC3)CN1c1ccc(-c2ccccc2Cl)s1. The molecule has 0 N–H and O–H groups in total. The fourth-order valence-corrected chi connectivity index (χ4v) is 5.79. The van der Waals surface area contributed by atoms with Gasteiger partial charge in [0.05, 0.1) is 6.54 Å². The van der Waals surface area contributed by atoms with E-state index >= 15 is 0 Å². The maximum absolute atomic E-state index is 12.6. The molecule has 25 heavy (non-hydrogen) atoms. The van der Waals surface area contributed by atoms with Crippen molar-refractivity contribution in [3.63, 3.8) is 0 Å². The molecule has 1 spiro atoms. The van der Waals surface area contributed by atoms with Crippen LogP contribution in [0.4, 0.5) is 9.80 Å². The zero-order valence-electron chi connectivity index (χ0n) is 13.8. The van der Waals surface area contributed by atoms with E-state index in [2.05, 4.69) is 4.90 Å². The first-order valence-corrected chi connectivity index (χ1v) is 9.92. The topological polar surface area (TPSA) is 32.8 Å². The molecular weight excluding hydrogens is 356 g/mol. The van der Waals surface area contributed by atoms with Crippen LogP contribution in [0.25, 0.3) is 10.4 Å². The number of benzene rings is 1. The van der Waals surface area contributed by atoms with Gasteiger partial charge in [0.1, 0.15) is 10.6 Å². The van der Waals surface area contributed by atoms with Crippen molar-refractivity contribution >= 4 is 34.0 Å². The predicted octanol–water partition coefficient (Wildman–Crippen LogP) is 4.49. The van der Waals surface area contributed by atoms with Crippen molar-refractivity contribution in [2.45, 2.75) is 18.4 Å². The summed E-state index contributed by atoms with van der Waals surface area (Å²) >= 11 is 7.91. The summed E-state index contributed by atoms with van der Waals surface area (Å²) in [5.41, 5.74) is 0.688. The molecule has 1 amide bonds. The van der Waals surface area contributed by atoms with Crippen LogP contribution in [-0.4, -0.2) is 42.8 Å². The Morgan fingerprint density at radius 3 is 2.64 bits per heavy atom. The number of rotatable bonds is 2. The lowest BCUT2D eigenvalue weighted by atomic mass is 9.75. The van der Waals surface area contributed by atoms with E-state index < -0.39 is 0 Å². The molecule has 4 fully saturated rings. The number of nitrogens with zero attached hydrogens (tertiary/aromatic N) is 2. The van der Waals surface area contributed by atoms with E-state index in [0.29, 0.717) is 12.5 Å². The second-order valence-electron chi connectivity index (χ2n) is 7.19. The molecule has 6 heteroatoms. The number of amides is 1. The number of hydrogen-bond donors (Lipinski definition) is 0. The summed E-state index contributed by atoms with van der Waals surface area (Å²) in [6.07, 6.45) is 2.06. The van der Waals surface area contributed by atoms with Crippen LogP contribution in [0.1, 0.15) is 12.8 Å². The Morgan fingerprint density at radius 2 is 1.92 bits per heavy atom. The third kappa shape index (κ3) is 2.48. The van der Waals surface area contributed by atoms with Crippen molar-refractivity contribution in [1.29, 1.82) is 0 Å². The third-order valence-corrected chi connectivity index (χ3v) is 7.23. The smallest absolute Gasteiger partial charge is 0.415 e.